The Kier molecular flexibility index (Phi) is 5.93. The molecule has 0 amide bonds. The third-order valence-corrected chi connectivity index (χ3v) is 4.40. The second kappa shape index (κ2) is 7.46. The van der Waals surface area contributed by atoms with E-state index >= 15 is 0 Å². The summed E-state index contributed by atoms with van der Waals surface area (Å²) in [4.78, 5) is 2.61. The summed E-state index contributed by atoms with van der Waals surface area (Å²) in [6.45, 7) is 9.17. The largest absolute Gasteiger partial charge is 0.377 e. The molecule has 0 radical (unpaired) electrons. The smallest absolute Gasteiger partial charge is 0.0699 e. The van der Waals surface area contributed by atoms with Gasteiger partial charge in [-0.2, -0.15) is 0 Å². The van der Waals surface area contributed by atoms with E-state index in [-0.39, 0.29) is 0 Å². The summed E-state index contributed by atoms with van der Waals surface area (Å²) < 4.78 is 5.79. The Morgan fingerprint density at radius 3 is 2.72 bits per heavy atom. The van der Waals surface area contributed by atoms with Gasteiger partial charge in [0.15, 0.2) is 0 Å². The van der Waals surface area contributed by atoms with E-state index in [4.69, 9.17) is 4.74 Å². The Morgan fingerprint density at radius 1 is 1.11 bits per heavy atom. The van der Waals surface area contributed by atoms with Gasteiger partial charge >= 0.3 is 0 Å². The maximum Gasteiger partial charge on any atom is 0.0699 e. The molecule has 1 N–H and O–H groups in total. The maximum absolute atomic E-state index is 5.79. The van der Waals surface area contributed by atoms with Gasteiger partial charge in [-0.25, -0.2) is 0 Å². The first kappa shape index (κ1) is 14.3. The molecule has 2 aliphatic rings. The summed E-state index contributed by atoms with van der Waals surface area (Å²) in [7, 11) is 0. The Hall–Kier alpha value is -0.120. The number of likely N-dealkylation sites (tertiary alicyclic amines) is 1. The van der Waals surface area contributed by atoms with Gasteiger partial charge in [0, 0.05) is 25.2 Å². The third-order valence-electron chi connectivity index (χ3n) is 4.40. The molecule has 0 saturated carbocycles. The van der Waals surface area contributed by atoms with Crippen molar-refractivity contribution in [1.82, 2.24) is 10.2 Å². The lowest BCUT2D eigenvalue weighted by Gasteiger charge is -2.26. The van der Waals surface area contributed by atoms with Gasteiger partial charge in [-0.05, 0) is 65.5 Å². The molecule has 2 atom stereocenters. The van der Waals surface area contributed by atoms with Crippen molar-refractivity contribution in [2.24, 2.45) is 0 Å². The van der Waals surface area contributed by atoms with Crippen LogP contribution in [0.4, 0.5) is 0 Å². The number of rotatable bonds is 4. The Morgan fingerprint density at radius 2 is 2.00 bits per heavy atom. The second-order valence-corrected chi connectivity index (χ2v) is 6.15. The SMILES string of the molecule is CC(C)N1CCCC(NCC2CCCCO2)CC1. The van der Waals surface area contributed by atoms with E-state index < -0.39 is 0 Å². The molecular weight excluding hydrogens is 224 g/mol. The molecule has 2 aliphatic heterocycles. The second-order valence-electron chi connectivity index (χ2n) is 6.15. The van der Waals surface area contributed by atoms with Crippen LogP contribution in [0.3, 0.4) is 0 Å². The fourth-order valence-corrected chi connectivity index (χ4v) is 3.11. The van der Waals surface area contributed by atoms with Crippen molar-refractivity contribution in [1.29, 1.82) is 0 Å². The zero-order valence-electron chi connectivity index (χ0n) is 12.2. The van der Waals surface area contributed by atoms with Gasteiger partial charge in [-0.1, -0.05) is 0 Å². The molecule has 3 heteroatoms. The fraction of sp³-hybridized carbons (Fsp3) is 1.00. The zero-order chi connectivity index (χ0) is 12.8. The van der Waals surface area contributed by atoms with E-state index in [0.29, 0.717) is 18.2 Å². The molecule has 2 heterocycles. The van der Waals surface area contributed by atoms with E-state index in [9.17, 15) is 0 Å². The van der Waals surface area contributed by atoms with Crippen LogP contribution in [-0.2, 0) is 4.74 Å². The highest BCUT2D eigenvalue weighted by Crippen LogP contribution is 2.15. The molecule has 3 nitrogen and oxygen atoms in total. The summed E-state index contributed by atoms with van der Waals surface area (Å²) in [5, 5.41) is 3.74. The van der Waals surface area contributed by atoms with Gasteiger partial charge in [0.2, 0.25) is 0 Å². The number of nitrogens with zero attached hydrogens (tertiary/aromatic N) is 1. The predicted octanol–water partition coefficient (Wildman–Crippen LogP) is 2.41. The van der Waals surface area contributed by atoms with Crippen molar-refractivity contribution in [3.63, 3.8) is 0 Å². The van der Waals surface area contributed by atoms with Gasteiger partial charge in [0.05, 0.1) is 6.10 Å². The maximum atomic E-state index is 5.79. The number of nitrogens with one attached hydrogen (secondary N) is 1. The van der Waals surface area contributed by atoms with Crippen LogP contribution >= 0.6 is 0 Å². The molecule has 0 aliphatic carbocycles. The molecule has 106 valence electrons. The molecule has 0 bridgehead atoms. The number of ether oxygens (including phenoxy) is 1. The van der Waals surface area contributed by atoms with Gasteiger partial charge in [0.25, 0.3) is 0 Å². The minimum atomic E-state index is 0.475. The highest BCUT2D eigenvalue weighted by atomic mass is 16.5. The molecule has 0 aromatic carbocycles. The van der Waals surface area contributed by atoms with Crippen molar-refractivity contribution >= 4 is 0 Å². The molecule has 2 fully saturated rings. The lowest BCUT2D eigenvalue weighted by atomic mass is 10.1. The van der Waals surface area contributed by atoms with Crippen molar-refractivity contribution < 1.29 is 4.74 Å². The minimum absolute atomic E-state index is 0.475. The Bertz CT molecular complexity index is 227. The first-order valence-corrected chi connectivity index (χ1v) is 7.84. The Labute approximate surface area is 112 Å². The van der Waals surface area contributed by atoms with E-state index in [1.807, 2.05) is 0 Å². The fourth-order valence-electron chi connectivity index (χ4n) is 3.11. The molecule has 2 unspecified atom stereocenters. The van der Waals surface area contributed by atoms with Gasteiger partial charge in [-0.15, -0.1) is 0 Å². The number of hydrogen-bond donors (Lipinski definition) is 1. The topological polar surface area (TPSA) is 24.5 Å². The van der Waals surface area contributed by atoms with Gasteiger partial charge in [0.1, 0.15) is 0 Å². The first-order chi connectivity index (χ1) is 8.75. The van der Waals surface area contributed by atoms with Gasteiger partial charge < -0.3 is 15.0 Å². The predicted molar refractivity (Wildman–Crippen MR) is 75.9 cm³/mol. The minimum Gasteiger partial charge on any atom is -0.377 e. The molecule has 18 heavy (non-hydrogen) atoms. The van der Waals surface area contributed by atoms with Crippen molar-refractivity contribution in [3.05, 3.63) is 0 Å². The van der Waals surface area contributed by atoms with Crippen molar-refractivity contribution in [2.75, 3.05) is 26.2 Å². The molecule has 0 aromatic rings. The summed E-state index contributed by atoms with van der Waals surface area (Å²) in [5.74, 6) is 0. The van der Waals surface area contributed by atoms with E-state index in [2.05, 4.69) is 24.1 Å². The van der Waals surface area contributed by atoms with Crippen LogP contribution in [0.25, 0.3) is 0 Å². The molecule has 0 spiro atoms. The van der Waals surface area contributed by atoms with E-state index in [0.717, 1.165) is 13.2 Å². The highest BCUT2D eigenvalue weighted by Gasteiger charge is 2.20. The monoisotopic (exact) mass is 254 g/mol. The Balaban J connectivity index is 1.66. The lowest BCUT2D eigenvalue weighted by molar-refractivity contribution is 0.0151. The average Bonchev–Trinajstić information content (AvgIpc) is 2.63. The molecular formula is C15H30N2O. The normalized spacial score (nSPS) is 31.5. The molecule has 0 aromatic heterocycles. The van der Waals surface area contributed by atoms with Crippen LogP contribution in [0.1, 0.15) is 52.4 Å². The zero-order valence-corrected chi connectivity index (χ0v) is 12.2. The van der Waals surface area contributed by atoms with Crippen LogP contribution in [0, 0.1) is 0 Å². The van der Waals surface area contributed by atoms with Crippen molar-refractivity contribution in [2.45, 2.75) is 70.6 Å². The van der Waals surface area contributed by atoms with Crippen LogP contribution in [-0.4, -0.2) is 49.3 Å². The number of hydrogen-bond acceptors (Lipinski definition) is 3. The first-order valence-electron chi connectivity index (χ1n) is 7.84. The summed E-state index contributed by atoms with van der Waals surface area (Å²) >= 11 is 0. The van der Waals surface area contributed by atoms with Crippen LogP contribution in [0.5, 0.6) is 0 Å². The van der Waals surface area contributed by atoms with Gasteiger partial charge in [-0.3, -0.25) is 0 Å². The van der Waals surface area contributed by atoms with E-state index in [1.165, 1.54) is 51.6 Å². The van der Waals surface area contributed by atoms with Crippen LogP contribution in [0.15, 0.2) is 0 Å². The third kappa shape index (κ3) is 4.52. The summed E-state index contributed by atoms with van der Waals surface area (Å²) in [5.41, 5.74) is 0. The summed E-state index contributed by atoms with van der Waals surface area (Å²) in [6.07, 6.45) is 8.28. The lowest BCUT2D eigenvalue weighted by Crippen LogP contribution is -2.39. The molecule has 2 rings (SSSR count). The highest BCUT2D eigenvalue weighted by molar-refractivity contribution is 4.78. The summed E-state index contributed by atoms with van der Waals surface area (Å²) in [6, 6.07) is 1.41. The van der Waals surface area contributed by atoms with Crippen molar-refractivity contribution in [3.8, 4) is 0 Å². The molecule has 2 saturated heterocycles. The standard InChI is InChI=1S/C15H30N2O/c1-13(2)17-9-5-6-14(8-10-17)16-12-15-7-3-4-11-18-15/h13-16H,3-12H2,1-2H3. The average molecular weight is 254 g/mol. The van der Waals surface area contributed by atoms with E-state index in [1.54, 1.807) is 0 Å². The van der Waals surface area contributed by atoms with Crippen LogP contribution in [0.2, 0.25) is 0 Å². The quantitative estimate of drug-likeness (QED) is 0.834. The van der Waals surface area contributed by atoms with Crippen LogP contribution < -0.4 is 5.32 Å².